The standard InChI is InChI=1S/C18H26N2O2S/c1-10-16(11(2)22-20-10)8-23-9-17(21)19-18-14-4-12-3-13(6-14)7-15(18)5-12/h12-15,18H,3-9H2,1-2H3,(H,19,21). The maximum absolute atomic E-state index is 12.4. The summed E-state index contributed by atoms with van der Waals surface area (Å²) in [5.41, 5.74) is 2.08. The van der Waals surface area contributed by atoms with Crippen LogP contribution in [0.5, 0.6) is 0 Å². The van der Waals surface area contributed by atoms with Gasteiger partial charge in [-0.15, -0.1) is 11.8 Å². The highest BCUT2D eigenvalue weighted by Gasteiger charge is 2.48. The number of nitrogens with zero attached hydrogens (tertiary/aromatic N) is 1. The fourth-order valence-electron chi connectivity index (χ4n) is 5.34. The fourth-order valence-corrected chi connectivity index (χ4v) is 6.33. The van der Waals surface area contributed by atoms with E-state index in [0.29, 0.717) is 11.8 Å². The van der Waals surface area contributed by atoms with Crippen molar-refractivity contribution in [3.8, 4) is 0 Å². The lowest BCUT2D eigenvalue weighted by Gasteiger charge is -2.54. The largest absolute Gasteiger partial charge is 0.361 e. The molecule has 1 N–H and O–H groups in total. The van der Waals surface area contributed by atoms with E-state index in [4.69, 9.17) is 4.52 Å². The van der Waals surface area contributed by atoms with Crippen LogP contribution in [0.4, 0.5) is 0 Å². The fraction of sp³-hybridized carbons (Fsp3) is 0.778. The lowest BCUT2D eigenvalue weighted by Crippen LogP contribution is -2.56. The molecule has 4 aliphatic rings. The average molecular weight is 334 g/mol. The normalized spacial score (nSPS) is 34.8. The van der Waals surface area contributed by atoms with E-state index in [2.05, 4.69) is 10.5 Å². The van der Waals surface area contributed by atoms with Crippen LogP contribution in [0.15, 0.2) is 4.52 Å². The molecule has 0 atom stereocenters. The zero-order chi connectivity index (χ0) is 16.0. The molecule has 4 bridgehead atoms. The Morgan fingerprint density at radius 3 is 2.39 bits per heavy atom. The first kappa shape index (κ1) is 15.6. The van der Waals surface area contributed by atoms with Gasteiger partial charge in [-0.1, -0.05) is 5.16 Å². The summed E-state index contributed by atoms with van der Waals surface area (Å²) in [4.78, 5) is 12.4. The van der Waals surface area contributed by atoms with Gasteiger partial charge in [-0.05, 0) is 69.6 Å². The number of aryl methyl sites for hydroxylation is 2. The maximum Gasteiger partial charge on any atom is 0.230 e. The van der Waals surface area contributed by atoms with Crippen LogP contribution in [0.1, 0.15) is 49.1 Å². The SMILES string of the molecule is Cc1noc(C)c1CSCC(=O)NC1C2CC3CC(C2)CC1C3. The van der Waals surface area contributed by atoms with Gasteiger partial charge in [-0.2, -0.15) is 0 Å². The van der Waals surface area contributed by atoms with E-state index in [1.807, 2.05) is 13.8 Å². The number of hydrogen-bond acceptors (Lipinski definition) is 4. The lowest BCUT2D eigenvalue weighted by molar-refractivity contribution is -0.122. The number of carbonyl (C=O) groups excluding carboxylic acids is 1. The number of thioether (sulfide) groups is 1. The molecule has 126 valence electrons. The van der Waals surface area contributed by atoms with Crippen molar-refractivity contribution < 1.29 is 9.32 Å². The van der Waals surface area contributed by atoms with E-state index in [1.165, 1.54) is 32.1 Å². The Bertz CT molecular complexity index is 550. The van der Waals surface area contributed by atoms with Gasteiger partial charge >= 0.3 is 0 Å². The average Bonchev–Trinajstić information content (AvgIpc) is 2.82. The molecule has 4 nitrogen and oxygen atoms in total. The minimum Gasteiger partial charge on any atom is -0.361 e. The Morgan fingerprint density at radius 2 is 1.83 bits per heavy atom. The van der Waals surface area contributed by atoms with Gasteiger partial charge in [0.05, 0.1) is 11.4 Å². The molecule has 1 heterocycles. The predicted molar refractivity (Wildman–Crippen MR) is 91.1 cm³/mol. The number of amides is 1. The highest BCUT2D eigenvalue weighted by Crippen LogP contribution is 2.53. The van der Waals surface area contributed by atoms with Crippen LogP contribution < -0.4 is 5.32 Å². The van der Waals surface area contributed by atoms with E-state index >= 15 is 0 Å². The first-order valence-corrected chi connectivity index (χ1v) is 10.0. The summed E-state index contributed by atoms with van der Waals surface area (Å²) in [5, 5.41) is 7.34. The van der Waals surface area contributed by atoms with Crippen molar-refractivity contribution in [2.75, 3.05) is 5.75 Å². The third-order valence-electron chi connectivity index (χ3n) is 6.22. The molecule has 4 fully saturated rings. The summed E-state index contributed by atoms with van der Waals surface area (Å²) in [6, 6.07) is 0.454. The molecule has 5 heteroatoms. The molecule has 0 aliphatic heterocycles. The summed E-state index contributed by atoms with van der Waals surface area (Å²) in [6.07, 6.45) is 6.86. The highest BCUT2D eigenvalue weighted by molar-refractivity contribution is 7.99. The highest BCUT2D eigenvalue weighted by atomic mass is 32.2. The van der Waals surface area contributed by atoms with Crippen LogP contribution in [0, 0.1) is 37.5 Å². The summed E-state index contributed by atoms with van der Waals surface area (Å²) in [7, 11) is 0. The van der Waals surface area contributed by atoms with Crippen molar-refractivity contribution in [3.63, 3.8) is 0 Å². The topological polar surface area (TPSA) is 55.1 Å². The molecule has 0 spiro atoms. The van der Waals surface area contributed by atoms with E-state index in [1.54, 1.807) is 11.8 Å². The van der Waals surface area contributed by atoms with Crippen LogP contribution in [0.25, 0.3) is 0 Å². The second kappa shape index (κ2) is 6.15. The zero-order valence-electron chi connectivity index (χ0n) is 14.0. The maximum atomic E-state index is 12.4. The first-order chi connectivity index (χ1) is 11.1. The third-order valence-corrected chi connectivity index (χ3v) is 7.17. The van der Waals surface area contributed by atoms with Crippen LogP contribution in [0.3, 0.4) is 0 Å². The van der Waals surface area contributed by atoms with E-state index in [-0.39, 0.29) is 5.91 Å². The van der Waals surface area contributed by atoms with E-state index in [0.717, 1.165) is 46.4 Å². The van der Waals surface area contributed by atoms with Crippen molar-refractivity contribution in [2.45, 2.75) is 57.7 Å². The van der Waals surface area contributed by atoms with Crippen molar-refractivity contribution in [3.05, 3.63) is 17.0 Å². The zero-order valence-corrected chi connectivity index (χ0v) is 14.8. The summed E-state index contributed by atoms with van der Waals surface area (Å²) in [6.45, 7) is 3.89. The van der Waals surface area contributed by atoms with Crippen molar-refractivity contribution in [1.82, 2.24) is 10.5 Å². The van der Waals surface area contributed by atoms with Gasteiger partial charge in [0, 0.05) is 17.4 Å². The Morgan fingerprint density at radius 1 is 1.17 bits per heavy atom. The Kier molecular flexibility index (Phi) is 4.16. The first-order valence-electron chi connectivity index (χ1n) is 8.89. The van der Waals surface area contributed by atoms with Crippen molar-refractivity contribution >= 4 is 17.7 Å². The quantitative estimate of drug-likeness (QED) is 0.896. The Hall–Kier alpha value is -0.970. The second-order valence-electron chi connectivity index (χ2n) is 7.82. The van der Waals surface area contributed by atoms with Gasteiger partial charge in [-0.3, -0.25) is 4.79 Å². The van der Waals surface area contributed by atoms with Crippen LogP contribution >= 0.6 is 11.8 Å². The van der Waals surface area contributed by atoms with Crippen LogP contribution in [-0.4, -0.2) is 22.9 Å². The minimum absolute atomic E-state index is 0.208. The van der Waals surface area contributed by atoms with Gasteiger partial charge in [0.15, 0.2) is 0 Å². The molecular weight excluding hydrogens is 308 g/mol. The molecule has 23 heavy (non-hydrogen) atoms. The van der Waals surface area contributed by atoms with Crippen LogP contribution in [0.2, 0.25) is 0 Å². The number of rotatable bonds is 5. The number of hydrogen-bond donors (Lipinski definition) is 1. The molecular formula is C18H26N2O2S. The van der Waals surface area contributed by atoms with Crippen molar-refractivity contribution in [1.29, 1.82) is 0 Å². The molecule has 1 aromatic rings. The lowest BCUT2D eigenvalue weighted by atomic mass is 9.54. The number of aromatic nitrogens is 1. The third kappa shape index (κ3) is 3.04. The van der Waals surface area contributed by atoms with E-state index < -0.39 is 0 Å². The van der Waals surface area contributed by atoms with Crippen LogP contribution in [-0.2, 0) is 10.5 Å². The molecule has 0 saturated heterocycles. The molecule has 0 aromatic carbocycles. The van der Waals surface area contributed by atoms with Gasteiger partial charge < -0.3 is 9.84 Å². The number of carbonyl (C=O) groups is 1. The molecule has 4 saturated carbocycles. The summed E-state index contributed by atoms with van der Waals surface area (Å²) in [5.74, 6) is 5.84. The van der Waals surface area contributed by atoms with Gasteiger partial charge in [0.1, 0.15) is 5.76 Å². The number of nitrogens with one attached hydrogen (secondary N) is 1. The summed E-state index contributed by atoms with van der Waals surface area (Å²) < 4.78 is 5.17. The molecule has 0 unspecified atom stereocenters. The predicted octanol–water partition coefficient (Wildman–Crippen LogP) is 3.47. The second-order valence-corrected chi connectivity index (χ2v) is 8.81. The smallest absolute Gasteiger partial charge is 0.230 e. The van der Waals surface area contributed by atoms with Gasteiger partial charge in [0.2, 0.25) is 5.91 Å². The molecule has 4 aliphatic carbocycles. The monoisotopic (exact) mass is 334 g/mol. The Balaban J connectivity index is 1.27. The molecule has 5 rings (SSSR count). The van der Waals surface area contributed by atoms with Gasteiger partial charge in [0.25, 0.3) is 0 Å². The molecule has 0 radical (unpaired) electrons. The molecule has 1 aromatic heterocycles. The van der Waals surface area contributed by atoms with Gasteiger partial charge in [-0.25, -0.2) is 0 Å². The Labute approximate surface area is 142 Å². The molecule has 1 amide bonds. The minimum atomic E-state index is 0.208. The van der Waals surface area contributed by atoms with E-state index in [9.17, 15) is 4.79 Å². The summed E-state index contributed by atoms with van der Waals surface area (Å²) >= 11 is 1.66. The van der Waals surface area contributed by atoms with Crippen molar-refractivity contribution in [2.24, 2.45) is 23.7 Å².